The molecule has 0 fully saturated rings. The summed E-state index contributed by atoms with van der Waals surface area (Å²) in [7, 11) is 0. The number of hydrogen-bond donors (Lipinski definition) is 0. The van der Waals surface area contributed by atoms with E-state index in [1.165, 1.54) is 6.92 Å². The molecule has 0 aromatic rings. The summed E-state index contributed by atoms with van der Waals surface area (Å²) in [6.07, 6.45) is 0.541. The van der Waals surface area contributed by atoms with Gasteiger partial charge in [-0.25, -0.2) is 19.4 Å². The summed E-state index contributed by atoms with van der Waals surface area (Å²) in [6.45, 7) is 3.26. The molecule has 0 amide bonds. The first-order valence-corrected chi connectivity index (χ1v) is 5.11. The van der Waals surface area contributed by atoms with Crippen LogP contribution in [0.15, 0.2) is 0 Å². The van der Waals surface area contributed by atoms with Gasteiger partial charge in [0.2, 0.25) is 0 Å². The summed E-state index contributed by atoms with van der Waals surface area (Å²) >= 11 is 0. The molecular weight excluding hydrogens is 232 g/mol. The van der Waals surface area contributed by atoms with Crippen molar-refractivity contribution in [2.75, 3.05) is 19.8 Å². The quantitative estimate of drug-likeness (QED) is 0.278. The van der Waals surface area contributed by atoms with Crippen molar-refractivity contribution in [3.63, 3.8) is 0 Å². The Labute approximate surface area is 98.9 Å². The Morgan fingerprint density at radius 1 is 0.882 bits per heavy atom. The van der Waals surface area contributed by atoms with Crippen LogP contribution in [0, 0.1) is 0 Å². The van der Waals surface area contributed by atoms with Gasteiger partial charge < -0.3 is 9.47 Å². The lowest BCUT2D eigenvalue weighted by Crippen LogP contribution is -2.12. The Kier molecular flexibility index (Phi) is 8.67. The Morgan fingerprint density at radius 3 is 2.18 bits per heavy atom. The van der Waals surface area contributed by atoms with Crippen LogP contribution in [0.25, 0.3) is 0 Å². The maximum atomic E-state index is 10.9. The highest BCUT2D eigenvalue weighted by Gasteiger charge is 2.05. The lowest BCUT2D eigenvalue weighted by molar-refractivity contribution is -0.257. The predicted octanol–water partition coefficient (Wildman–Crippen LogP) is 0.368. The summed E-state index contributed by atoms with van der Waals surface area (Å²) in [4.78, 5) is 39.7. The Hall–Kier alpha value is -1.63. The third-order valence-electron chi connectivity index (χ3n) is 1.44. The molecular formula is C10H16O7. The molecule has 0 saturated carbocycles. The molecule has 0 spiro atoms. The fourth-order valence-corrected chi connectivity index (χ4v) is 0.781. The van der Waals surface area contributed by atoms with Gasteiger partial charge in [0, 0.05) is 26.9 Å². The van der Waals surface area contributed by atoms with E-state index in [0.29, 0.717) is 13.0 Å². The summed E-state index contributed by atoms with van der Waals surface area (Å²) < 4.78 is 9.73. The van der Waals surface area contributed by atoms with Crippen LogP contribution in [0.3, 0.4) is 0 Å². The third-order valence-corrected chi connectivity index (χ3v) is 1.44. The first-order chi connectivity index (χ1) is 8.02. The number of rotatable bonds is 7. The highest BCUT2D eigenvalue weighted by Crippen LogP contribution is 1.92. The molecule has 0 atom stereocenters. The summed E-state index contributed by atoms with van der Waals surface area (Å²) in [5, 5.41) is 0. The normalized spacial score (nSPS) is 9.53. The molecule has 0 aliphatic carbocycles. The predicted molar refractivity (Wildman–Crippen MR) is 54.5 cm³/mol. The van der Waals surface area contributed by atoms with Crippen molar-refractivity contribution in [1.82, 2.24) is 0 Å². The second kappa shape index (κ2) is 9.59. The minimum atomic E-state index is -0.694. The van der Waals surface area contributed by atoms with Gasteiger partial charge in [-0.1, -0.05) is 0 Å². The fourth-order valence-electron chi connectivity index (χ4n) is 0.781. The molecule has 7 heteroatoms. The van der Waals surface area contributed by atoms with Gasteiger partial charge >= 0.3 is 17.9 Å². The van der Waals surface area contributed by atoms with Crippen LogP contribution in [0.5, 0.6) is 0 Å². The lowest BCUT2D eigenvalue weighted by Gasteiger charge is -2.04. The molecule has 0 aromatic carbocycles. The van der Waals surface area contributed by atoms with E-state index < -0.39 is 11.9 Å². The van der Waals surface area contributed by atoms with Crippen molar-refractivity contribution in [3.05, 3.63) is 0 Å². The highest BCUT2D eigenvalue weighted by molar-refractivity contribution is 5.71. The van der Waals surface area contributed by atoms with Crippen LogP contribution >= 0.6 is 0 Å². The average Bonchev–Trinajstić information content (AvgIpc) is 2.24. The smallest absolute Gasteiger partial charge is 0.357 e. The van der Waals surface area contributed by atoms with Crippen molar-refractivity contribution in [3.8, 4) is 0 Å². The molecule has 0 rings (SSSR count). The molecule has 7 nitrogen and oxygen atoms in total. The molecule has 0 saturated heterocycles. The molecule has 98 valence electrons. The zero-order chi connectivity index (χ0) is 13.1. The van der Waals surface area contributed by atoms with Crippen molar-refractivity contribution in [2.24, 2.45) is 0 Å². The van der Waals surface area contributed by atoms with Crippen LogP contribution in [-0.4, -0.2) is 37.7 Å². The van der Waals surface area contributed by atoms with Crippen molar-refractivity contribution >= 4 is 17.9 Å². The second-order valence-corrected chi connectivity index (χ2v) is 3.09. The van der Waals surface area contributed by atoms with E-state index in [2.05, 4.69) is 14.5 Å². The first kappa shape index (κ1) is 15.4. The zero-order valence-corrected chi connectivity index (χ0v) is 9.89. The lowest BCUT2D eigenvalue weighted by atomic mass is 10.4. The molecule has 0 bridgehead atoms. The molecule has 0 aliphatic rings. The largest absolute Gasteiger partial charge is 0.466 e. The van der Waals surface area contributed by atoms with Gasteiger partial charge in [-0.3, -0.25) is 4.79 Å². The maximum Gasteiger partial charge on any atom is 0.357 e. The van der Waals surface area contributed by atoms with Crippen LogP contribution < -0.4 is 0 Å². The van der Waals surface area contributed by atoms with Gasteiger partial charge in [0.25, 0.3) is 0 Å². The monoisotopic (exact) mass is 248 g/mol. The first-order valence-electron chi connectivity index (χ1n) is 5.11. The molecule has 0 N–H and O–H groups in total. The van der Waals surface area contributed by atoms with E-state index >= 15 is 0 Å². The minimum absolute atomic E-state index is 0.0131. The van der Waals surface area contributed by atoms with Crippen molar-refractivity contribution < 1.29 is 33.6 Å². The van der Waals surface area contributed by atoms with E-state index in [1.54, 1.807) is 0 Å². The van der Waals surface area contributed by atoms with Crippen molar-refractivity contribution in [1.29, 1.82) is 0 Å². The minimum Gasteiger partial charge on any atom is -0.466 e. The average molecular weight is 248 g/mol. The topological polar surface area (TPSA) is 88.1 Å². The Morgan fingerprint density at radius 2 is 1.59 bits per heavy atom. The SMILES string of the molecule is CC(=O)OCCCOCCC(=O)OOC(C)=O. The summed E-state index contributed by atoms with van der Waals surface area (Å²) in [5.41, 5.74) is 0. The maximum absolute atomic E-state index is 10.9. The molecule has 0 heterocycles. The molecule has 0 aromatic heterocycles. The van der Waals surface area contributed by atoms with Gasteiger partial charge in [-0.15, -0.1) is 0 Å². The number of carbonyl (C=O) groups is 3. The van der Waals surface area contributed by atoms with Gasteiger partial charge in [-0.05, 0) is 0 Å². The Bertz CT molecular complexity index is 261. The standard InChI is InChI=1S/C10H16O7/c1-8(11)15-6-3-5-14-7-4-10(13)17-16-9(2)12/h3-7H2,1-2H3. The molecule has 0 aliphatic heterocycles. The van der Waals surface area contributed by atoms with E-state index in [4.69, 9.17) is 4.74 Å². The number of esters is 1. The van der Waals surface area contributed by atoms with Gasteiger partial charge in [-0.2, -0.15) is 0 Å². The van der Waals surface area contributed by atoms with E-state index in [-0.39, 0.29) is 25.6 Å². The van der Waals surface area contributed by atoms with Crippen LogP contribution in [-0.2, 0) is 33.6 Å². The zero-order valence-electron chi connectivity index (χ0n) is 9.89. The molecule has 17 heavy (non-hydrogen) atoms. The fraction of sp³-hybridized carbons (Fsp3) is 0.700. The van der Waals surface area contributed by atoms with Crippen LogP contribution in [0.4, 0.5) is 0 Å². The van der Waals surface area contributed by atoms with E-state index in [9.17, 15) is 14.4 Å². The summed E-state index contributed by atoms with van der Waals surface area (Å²) in [5.74, 6) is -1.71. The van der Waals surface area contributed by atoms with Crippen LogP contribution in [0.1, 0.15) is 26.7 Å². The van der Waals surface area contributed by atoms with Crippen molar-refractivity contribution in [2.45, 2.75) is 26.7 Å². The number of hydrogen-bond acceptors (Lipinski definition) is 7. The highest BCUT2D eigenvalue weighted by atomic mass is 17.2. The van der Waals surface area contributed by atoms with E-state index in [0.717, 1.165) is 6.92 Å². The Balaban J connectivity index is 3.24. The molecule has 0 radical (unpaired) electrons. The van der Waals surface area contributed by atoms with Gasteiger partial charge in [0.1, 0.15) is 0 Å². The summed E-state index contributed by atoms with van der Waals surface area (Å²) in [6, 6.07) is 0. The number of ether oxygens (including phenoxy) is 2. The molecule has 0 unspecified atom stereocenters. The van der Waals surface area contributed by atoms with Crippen LogP contribution in [0.2, 0.25) is 0 Å². The van der Waals surface area contributed by atoms with Gasteiger partial charge in [0.05, 0.1) is 19.6 Å². The third kappa shape index (κ3) is 12.3. The van der Waals surface area contributed by atoms with E-state index in [1.807, 2.05) is 0 Å². The second-order valence-electron chi connectivity index (χ2n) is 3.09. The van der Waals surface area contributed by atoms with Gasteiger partial charge in [0.15, 0.2) is 0 Å². The number of carbonyl (C=O) groups excluding carboxylic acids is 3.